The number of methoxy groups -OCH3 is 2. The third-order valence-corrected chi connectivity index (χ3v) is 6.67. The summed E-state index contributed by atoms with van der Waals surface area (Å²) < 4.78 is 10.9. The molecule has 1 amide bonds. The van der Waals surface area contributed by atoms with Gasteiger partial charge in [-0.25, -0.2) is 0 Å². The molecular weight excluding hydrogens is 398 g/mol. The summed E-state index contributed by atoms with van der Waals surface area (Å²) in [7, 11) is 3.24. The van der Waals surface area contributed by atoms with Crippen molar-refractivity contribution in [1.82, 2.24) is 5.32 Å². The maximum Gasteiger partial charge on any atom is 0.225 e. The molecule has 0 saturated heterocycles. The number of allylic oxidation sites excluding steroid dienone is 2. The number of amides is 1. The van der Waals surface area contributed by atoms with E-state index in [0.29, 0.717) is 19.3 Å². The van der Waals surface area contributed by atoms with Crippen molar-refractivity contribution in [3.63, 3.8) is 0 Å². The fourth-order valence-corrected chi connectivity index (χ4v) is 4.87. The van der Waals surface area contributed by atoms with Crippen molar-refractivity contribution in [2.45, 2.75) is 36.0 Å². The van der Waals surface area contributed by atoms with Crippen molar-refractivity contribution in [3.8, 4) is 11.5 Å². The van der Waals surface area contributed by atoms with Crippen LogP contribution in [-0.4, -0.2) is 32.2 Å². The third-order valence-electron chi connectivity index (χ3n) is 5.93. The van der Waals surface area contributed by atoms with Crippen molar-refractivity contribution >= 4 is 23.5 Å². The quantitative estimate of drug-likeness (QED) is 0.721. The molecule has 1 heterocycles. The molecule has 0 aromatic heterocycles. The Balaban J connectivity index is 1.71. The molecule has 2 aliphatic rings. The first kappa shape index (κ1) is 20.5. The SMILES string of the molecule is COc1ccc(OC)c([C@@H]2CC(=O)C3=C(C2)NC(=O)C[C@@H]3c2ccc(SC)cc2)c1. The molecule has 2 aromatic carbocycles. The minimum atomic E-state index is -0.190. The van der Waals surface area contributed by atoms with Crippen molar-refractivity contribution in [2.24, 2.45) is 0 Å². The van der Waals surface area contributed by atoms with Crippen LogP contribution in [0.4, 0.5) is 0 Å². The molecule has 4 rings (SSSR count). The summed E-state index contributed by atoms with van der Waals surface area (Å²) in [5.41, 5.74) is 3.44. The highest BCUT2D eigenvalue weighted by Crippen LogP contribution is 2.45. The average molecular weight is 424 g/mol. The van der Waals surface area contributed by atoms with E-state index in [-0.39, 0.29) is 23.5 Å². The highest BCUT2D eigenvalue weighted by molar-refractivity contribution is 7.98. The zero-order valence-electron chi connectivity index (χ0n) is 17.4. The molecular formula is C24H25NO4S. The maximum atomic E-state index is 13.3. The summed E-state index contributed by atoms with van der Waals surface area (Å²) in [4.78, 5) is 26.9. The van der Waals surface area contributed by atoms with Gasteiger partial charge in [0, 0.05) is 46.4 Å². The van der Waals surface area contributed by atoms with Gasteiger partial charge in [0.25, 0.3) is 0 Å². The van der Waals surface area contributed by atoms with Gasteiger partial charge >= 0.3 is 0 Å². The van der Waals surface area contributed by atoms with E-state index in [1.54, 1.807) is 26.0 Å². The van der Waals surface area contributed by atoms with E-state index in [4.69, 9.17) is 9.47 Å². The van der Waals surface area contributed by atoms with Crippen LogP contribution in [-0.2, 0) is 9.59 Å². The standard InChI is InChI=1S/C24H25NO4S/c1-28-16-6-9-22(29-2)18(12-16)15-10-20-24(21(26)11-15)19(13-23(27)25-20)14-4-7-17(30-3)8-5-14/h4-9,12,15,19H,10-11,13H2,1-3H3,(H,25,27)/t15-,19+/m0/s1. The fraction of sp³-hybridized carbons (Fsp3) is 0.333. The average Bonchev–Trinajstić information content (AvgIpc) is 2.77. The number of carbonyl (C=O) groups excluding carboxylic acids is 2. The Morgan fingerprint density at radius 2 is 1.73 bits per heavy atom. The second-order valence-corrected chi connectivity index (χ2v) is 8.49. The molecule has 0 fully saturated rings. The number of rotatable bonds is 5. The van der Waals surface area contributed by atoms with Gasteiger partial charge in [0.05, 0.1) is 14.2 Å². The van der Waals surface area contributed by atoms with Crippen LogP contribution >= 0.6 is 11.8 Å². The summed E-state index contributed by atoms with van der Waals surface area (Å²) in [6, 6.07) is 13.8. The van der Waals surface area contributed by atoms with Crippen molar-refractivity contribution in [3.05, 3.63) is 64.9 Å². The number of Topliss-reactive ketones (excluding diaryl/α,β-unsaturated/α-hetero) is 1. The van der Waals surface area contributed by atoms with Gasteiger partial charge in [-0.05, 0) is 48.6 Å². The first-order valence-corrected chi connectivity index (χ1v) is 11.2. The predicted molar refractivity (Wildman–Crippen MR) is 117 cm³/mol. The molecule has 1 N–H and O–H groups in total. The smallest absolute Gasteiger partial charge is 0.225 e. The number of thioether (sulfide) groups is 1. The molecule has 1 aliphatic heterocycles. The van der Waals surface area contributed by atoms with E-state index >= 15 is 0 Å². The summed E-state index contributed by atoms with van der Waals surface area (Å²) in [6.07, 6.45) is 3.31. The molecule has 0 spiro atoms. The monoisotopic (exact) mass is 423 g/mol. The van der Waals surface area contributed by atoms with Crippen molar-refractivity contribution in [1.29, 1.82) is 0 Å². The van der Waals surface area contributed by atoms with Crippen LogP contribution in [0.25, 0.3) is 0 Å². The normalized spacial score (nSPS) is 21.2. The lowest BCUT2D eigenvalue weighted by Crippen LogP contribution is -2.38. The number of ether oxygens (including phenoxy) is 2. The van der Waals surface area contributed by atoms with Crippen LogP contribution in [0.3, 0.4) is 0 Å². The Labute approximate surface area is 180 Å². The van der Waals surface area contributed by atoms with Crippen LogP contribution in [0.15, 0.2) is 58.6 Å². The van der Waals surface area contributed by atoms with Gasteiger partial charge in [-0.2, -0.15) is 0 Å². The number of nitrogens with one attached hydrogen (secondary N) is 1. The molecule has 5 nitrogen and oxygen atoms in total. The largest absolute Gasteiger partial charge is 0.497 e. The van der Waals surface area contributed by atoms with Crippen LogP contribution in [0.2, 0.25) is 0 Å². The Hall–Kier alpha value is -2.73. The first-order chi connectivity index (χ1) is 14.5. The molecule has 0 bridgehead atoms. The lowest BCUT2D eigenvalue weighted by molar-refractivity contribution is -0.122. The highest BCUT2D eigenvalue weighted by atomic mass is 32.2. The lowest BCUT2D eigenvalue weighted by Gasteiger charge is -2.35. The van der Waals surface area contributed by atoms with Gasteiger partial charge in [-0.15, -0.1) is 11.8 Å². The Bertz CT molecular complexity index is 1010. The summed E-state index contributed by atoms with van der Waals surface area (Å²) in [5.74, 6) is 1.23. The van der Waals surface area contributed by atoms with E-state index in [9.17, 15) is 9.59 Å². The Kier molecular flexibility index (Phi) is 5.86. The Morgan fingerprint density at radius 3 is 2.40 bits per heavy atom. The molecule has 1 aliphatic carbocycles. The summed E-state index contributed by atoms with van der Waals surface area (Å²) in [6.45, 7) is 0. The zero-order chi connectivity index (χ0) is 21.3. The minimum absolute atomic E-state index is 0.0428. The predicted octanol–water partition coefficient (Wildman–Crippen LogP) is 4.43. The van der Waals surface area contributed by atoms with Gasteiger partial charge in [-0.3, -0.25) is 9.59 Å². The number of carbonyl (C=O) groups is 2. The van der Waals surface area contributed by atoms with Gasteiger partial charge in [-0.1, -0.05) is 12.1 Å². The van der Waals surface area contributed by atoms with Crippen molar-refractivity contribution in [2.75, 3.05) is 20.5 Å². The van der Waals surface area contributed by atoms with E-state index in [2.05, 4.69) is 5.32 Å². The third kappa shape index (κ3) is 3.84. The van der Waals surface area contributed by atoms with Crippen LogP contribution in [0.5, 0.6) is 11.5 Å². The highest BCUT2D eigenvalue weighted by Gasteiger charge is 2.38. The van der Waals surface area contributed by atoms with E-state index < -0.39 is 0 Å². The van der Waals surface area contributed by atoms with Gasteiger partial charge in [0.15, 0.2) is 5.78 Å². The Morgan fingerprint density at radius 1 is 0.967 bits per heavy atom. The van der Waals surface area contributed by atoms with Gasteiger partial charge in [0.1, 0.15) is 11.5 Å². The van der Waals surface area contributed by atoms with E-state index in [0.717, 1.165) is 38.8 Å². The molecule has 2 atom stereocenters. The number of hydrogen-bond donors (Lipinski definition) is 1. The zero-order valence-corrected chi connectivity index (χ0v) is 18.2. The van der Waals surface area contributed by atoms with Gasteiger partial charge in [0.2, 0.25) is 5.91 Å². The molecule has 30 heavy (non-hydrogen) atoms. The summed E-state index contributed by atoms with van der Waals surface area (Å²) in [5, 5.41) is 2.98. The number of hydrogen-bond acceptors (Lipinski definition) is 5. The molecule has 156 valence electrons. The maximum absolute atomic E-state index is 13.3. The number of ketones is 1. The number of benzene rings is 2. The van der Waals surface area contributed by atoms with Crippen molar-refractivity contribution < 1.29 is 19.1 Å². The van der Waals surface area contributed by atoms with Crippen LogP contribution in [0, 0.1) is 0 Å². The molecule has 2 aromatic rings. The first-order valence-electron chi connectivity index (χ1n) is 9.96. The van der Waals surface area contributed by atoms with E-state index in [1.807, 2.05) is 48.7 Å². The molecule has 6 heteroatoms. The minimum Gasteiger partial charge on any atom is -0.497 e. The fourth-order valence-electron chi connectivity index (χ4n) is 4.46. The van der Waals surface area contributed by atoms with Gasteiger partial charge < -0.3 is 14.8 Å². The lowest BCUT2D eigenvalue weighted by atomic mass is 9.73. The topological polar surface area (TPSA) is 64.6 Å². The second kappa shape index (κ2) is 8.56. The molecule has 0 radical (unpaired) electrons. The van der Waals surface area contributed by atoms with E-state index in [1.165, 1.54) is 0 Å². The molecule has 0 saturated carbocycles. The molecule has 0 unspecified atom stereocenters. The van der Waals surface area contributed by atoms with Crippen LogP contribution < -0.4 is 14.8 Å². The second-order valence-electron chi connectivity index (χ2n) is 7.61. The van der Waals surface area contributed by atoms with Crippen LogP contribution in [0.1, 0.15) is 42.2 Å². The summed E-state index contributed by atoms with van der Waals surface area (Å²) >= 11 is 1.67.